The molecule has 2 unspecified atom stereocenters. The SMILES string of the molecule is C=C(C)C(=O)OC(C)C(C)OC(=O)C1CCN(C(=O)OC(c2ccccc2[N+](=O)[O-])c2ccccc2[N+](=O)[O-])CC1. The number of amides is 1. The first-order valence-electron chi connectivity index (χ1n) is 12.9. The maximum Gasteiger partial charge on any atom is 0.410 e. The van der Waals surface area contributed by atoms with Crippen molar-refractivity contribution in [3.63, 3.8) is 0 Å². The van der Waals surface area contributed by atoms with Gasteiger partial charge in [-0.05, 0) is 45.7 Å². The Morgan fingerprint density at radius 3 is 1.78 bits per heavy atom. The third kappa shape index (κ3) is 7.65. The van der Waals surface area contributed by atoms with Gasteiger partial charge in [0.25, 0.3) is 11.4 Å². The number of carbonyl (C=O) groups is 3. The molecule has 0 aliphatic carbocycles. The van der Waals surface area contributed by atoms with Crippen LogP contribution < -0.4 is 0 Å². The maximum absolute atomic E-state index is 13.2. The lowest BCUT2D eigenvalue weighted by Crippen LogP contribution is -2.42. The molecule has 0 N–H and O–H groups in total. The number of likely N-dealkylation sites (tertiary alicyclic amines) is 1. The normalized spacial score (nSPS) is 15.0. The highest BCUT2D eigenvalue weighted by atomic mass is 16.6. The van der Waals surface area contributed by atoms with Crippen LogP contribution in [0.15, 0.2) is 60.7 Å². The average molecular weight is 570 g/mol. The smallest absolute Gasteiger partial charge is 0.410 e. The van der Waals surface area contributed by atoms with Gasteiger partial charge in [-0.15, -0.1) is 0 Å². The molecule has 1 heterocycles. The maximum atomic E-state index is 13.2. The van der Waals surface area contributed by atoms with E-state index in [0.29, 0.717) is 0 Å². The van der Waals surface area contributed by atoms with Crippen LogP contribution >= 0.6 is 0 Å². The van der Waals surface area contributed by atoms with E-state index in [9.17, 15) is 34.6 Å². The van der Waals surface area contributed by atoms with Crippen LogP contribution in [-0.4, -0.2) is 58.1 Å². The van der Waals surface area contributed by atoms with Crippen LogP contribution in [0.5, 0.6) is 0 Å². The van der Waals surface area contributed by atoms with Gasteiger partial charge in [0.15, 0.2) is 6.10 Å². The number of esters is 2. The van der Waals surface area contributed by atoms with Crippen LogP contribution in [0.1, 0.15) is 50.8 Å². The van der Waals surface area contributed by atoms with E-state index in [4.69, 9.17) is 14.2 Å². The molecule has 0 spiro atoms. The molecule has 41 heavy (non-hydrogen) atoms. The lowest BCUT2D eigenvalue weighted by atomic mass is 9.97. The summed E-state index contributed by atoms with van der Waals surface area (Å²) in [5.74, 6) is -1.61. The fourth-order valence-corrected chi connectivity index (χ4v) is 4.26. The van der Waals surface area contributed by atoms with Gasteiger partial charge >= 0.3 is 18.0 Å². The summed E-state index contributed by atoms with van der Waals surface area (Å²) >= 11 is 0. The molecule has 0 aromatic heterocycles. The zero-order valence-electron chi connectivity index (χ0n) is 22.9. The Morgan fingerprint density at radius 2 is 1.32 bits per heavy atom. The Labute approximate surface area is 236 Å². The molecule has 1 fully saturated rings. The molecule has 13 nitrogen and oxygen atoms in total. The van der Waals surface area contributed by atoms with Crippen LogP contribution in [0, 0.1) is 26.1 Å². The van der Waals surface area contributed by atoms with Crippen molar-refractivity contribution in [2.75, 3.05) is 13.1 Å². The van der Waals surface area contributed by atoms with Crippen molar-refractivity contribution in [1.82, 2.24) is 4.90 Å². The second-order valence-electron chi connectivity index (χ2n) is 9.69. The minimum absolute atomic E-state index is 0.0194. The molecule has 0 bridgehead atoms. The first-order chi connectivity index (χ1) is 19.4. The van der Waals surface area contributed by atoms with Crippen molar-refractivity contribution >= 4 is 29.4 Å². The number of nitrogens with zero attached hydrogens (tertiary/aromatic N) is 3. The summed E-state index contributed by atoms with van der Waals surface area (Å²) in [4.78, 5) is 61.1. The Bertz CT molecular complexity index is 1280. The van der Waals surface area contributed by atoms with Gasteiger partial charge in [-0.2, -0.15) is 0 Å². The van der Waals surface area contributed by atoms with Gasteiger partial charge in [0, 0.05) is 30.8 Å². The summed E-state index contributed by atoms with van der Waals surface area (Å²) in [6, 6.07) is 11.1. The van der Waals surface area contributed by atoms with Crippen molar-refractivity contribution in [3.8, 4) is 0 Å². The molecule has 1 saturated heterocycles. The third-order valence-electron chi connectivity index (χ3n) is 6.74. The van der Waals surface area contributed by atoms with E-state index in [1.165, 1.54) is 60.4 Å². The number of carbonyl (C=O) groups excluding carboxylic acids is 3. The topological polar surface area (TPSA) is 168 Å². The predicted molar refractivity (Wildman–Crippen MR) is 145 cm³/mol. The molecular weight excluding hydrogens is 538 g/mol. The van der Waals surface area contributed by atoms with Gasteiger partial charge in [-0.25, -0.2) is 9.59 Å². The minimum Gasteiger partial charge on any atom is -0.459 e. The summed E-state index contributed by atoms with van der Waals surface area (Å²) in [5.41, 5.74) is -0.534. The van der Waals surface area contributed by atoms with Crippen LogP contribution in [0.2, 0.25) is 0 Å². The molecular formula is C28H31N3O10. The van der Waals surface area contributed by atoms with E-state index in [2.05, 4.69) is 6.58 Å². The number of nitro groups is 2. The predicted octanol–water partition coefficient (Wildman–Crippen LogP) is 4.88. The van der Waals surface area contributed by atoms with Crippen LogP contribution in [0.3, 0.4) is 0 Å². The molecule has 0 radical (unpaired) electrons. The van der Waals surface area contributed by atoms with Gasteiger partial charge in [0.2, 0.25) is 0 Å². The van der Waals surface area contributed by atoms with Gasteiger partial charge in [-0.1, -0.05) is 30.8 Å². The molecule has 1 aliphatic rings. The summed E-state index contributed by atoms with van der Waals surface area (Å²) in [7, 11) is 0. The van der Waals surface area contributed by atoms with Gasteiger partial charge in [-0.3, -0.25) is 25.0 Å². The number of benzene rings is 2. The molecule has 2 aromatic carbocycles. The Morgan fingerprint density at radius 1 is 0.854 bits per heavy atom. The van der Waals surface area contributed by atoms with E-state index in [0.717, 1.165) is 0 Å². The van der Waals surface area contributed by atoms with Crippen LogP contribution in [-0.2, 0) is 23.8 Å². The third-order valence-corrected chi connectivity index (χ3v) is 6.74. The number of ether oxygens (including phenoxy) is 3. The number of piperidine rings is 1. The fourth-order valence-electron chi connectivity index (χ4n) is 4.26. The summed E-state index contributed by atoms with van der Waals surface area (Å²) in [6.45, 7) is 8.46. The summed E-state index contributed by atoms with van der Waals surface area (Å²) in [6.07, 6.45) is -3.17. The Kier molecular flexibility index (Phi) is 10.1. The van der Waals surface area contributed by atoms with Crippen molar-refractivity contribution < 1.29 is 38.4 Å². The standard InChI is InChI=1S/C28H31N3O10/c1-17(2)26(32)39-18(3)19(4)40-27(33)20-13-15-29(16-14-20)28(34)41-25(21-9-5-7-11-23(21)30(35)36)22-10-6-8-12-24(22)31(37)38/h5-12,18-20,25H,1,13-16H2,2-4H3. The molecule has 1 amide bonds. The molecule has 0 saturated carbocycles. The Hall–Kier alpha value is -4.81. The van der Waals surface area contributed by atoms with Crippen LogP contribution in [0.4, 0.5) is 16.2 Å². The molecule has 1 aliphatic heterocycles. The van der Waals surface area contributed by atoms with Gasteiger partial charge in [0.1, 0.15) is 12.2 Å². The second-order valence-corrected chi connectivity index (χ2v) is 9.69. The van der Waals surface area contributed by atoms with Crippen molar-refractivity contribution in [2.24, 2.45) is 5.92 Å². The monoisotopic (exact) mass is 569 g/mol. The van der Waals surface area contributed by atoms with E-state index >= 15 is 0 Å². The first-order valence-corrected chi connectivity index (χ1v) is 12.9. The van der Waals surface area contributed by atoms with Gasteiger partial charge < -0.3 is 19.1 Å². The van der Waals surface area contributed by atoms with E-state index in [-0.39, 0.29) is 54.0 Å². The van der Waals surface area contributed by atoms with Crippen molar-refractivity contribution in [3.05, 3.63) is 92.0 Å². The zero-order chi connectivity index (χ0) is 30.3. The van der Waals surface area contributed by atoms with E-state index < -0.39 is 52.1 Å². The highest BCUT2D eigenvalue weighted by Gasteiger charge is 2.35. The van der Waals surface area contributed by atoms with Crippen LogP contribution in [0.25, 0.3) is 0 Å². The Balaban J connectivity index is 1.71. The fraction of sp³-hybridized carbons (Fsp3) is 0.393. The first kappa shape index (κ1) is 30.7. The molecule has 2 atom stereocenters. The zero-order valence-corrected chi connectivity index (χ0v) is 22.9. The largest absolute Gasteiger partial charge is 0.459 e. The summed E-state index contributed by atoms with van der Waals surface area (Å²) in [5, 5.41) is 23.4. The number of para-hydroxylation sites is 2. The highest BCUT2D eigenvalue weighted by molar-refractivity contribution is 5.87. The van der Waals surface area contributed by atoms with Crippen molar-refractivity contribution in [2.45, 2.75) is 51.9 Å². The molecule has 3 rings (SSSR count). The summed E-state index contributed by atoms with van der Waals surface area (Å²) < 4.78 is 16.4. The highest BCUT2D eigenvalue weighted by Crippen LogP contribution is 2.37. The number of hydrogen-bond donors (Lipinski definition) is 0. The molecule has 218 valence electrons. The minimum atomic E-state index is -1.43. The van der Waals surface area contributed by atoms with E-state index in [1.807, 2.05) is 0 Å². The van der Waals surface area contributed by atoms with E-state index in [1.54, 1.807) is 13.8 Å². The molecule has 2 aromatic rings. The number of nitro benzene ring substituents is 2. The quantitative estimate of drug-likeness (QED) is 0.126. The van der Waals surface area contributed by atoms with Gasteiger partial charge in [0.05, 0.1) is 26.9 Å². The number of hydrogen-bond acceptors (Lipinski definition) is 10. The van der Waals surface area contributed by atoms with Crippen molar-refractivity contribution in [1.29, 1.82) is 0 Å². The lowest BCUT2D eigenvalue weighted by molar-refractivity contribution is -0.387. The number of rotatable bonds is 10. The average Bonchev–Trinajstić information content (AvgIpc) is 2.95. The lowest BCUT2D eigenvalue weighted by Gasteiger charge is -2.32. The second kappa shape index (κ2) is 13.5. The molecule has 13 heteroatoms.